The monoisotopic (exact) mass is 292 g/mol. The van der Waals surface area contributed by atoms with E-state index < -0.39 is 28.2 Å². The Morgan fingerprint density at radius 1 is 1.15 bits per heavy atom. The summed E-state index contributed by atoms with van der Waals surface area (Å²) in [5.74, 6) is -1.20. The van der Waals surface area contributed by atoms with Crippen LogP contribution in [0.2, 0.25) is 0 Å². The second-order valence-corrected chi connectivity index (χ2v) is 4.63. The highest BCUT2D eigenvalue weighted by Gasteiger charge is 2.36. The Balaban J connectivity index is 2.53. The smallest absolute Gasteiger partial charge is 0.364 e. The number of nitrogens with zero attached hydrogens (tertiary/aromatic N) is 2. The van der Waals surface area contributed by atoms with Crippen LogP contribution in [0.15, 0.2) is 12.1 Å². The van der Waals surface area contributed by atoms with Gasteiger partial charge in [0.25, 0.3) is 5.69 Å². The molecule has 0 radical (unpaired) electrons. The van der Waals surface area contributed by atoms with E-state index in [1.54, 1.807) is 0 Å². The molecular formula is C12H12F4N2O2. The molecule has 0 aliphatic carbocycles. The Kier molecular flexibility index (Phi) is 3.82. The molecule has 2 rings (SSSR count). The van der Waals surface area contributed by atoms with Gasteiger partial charge >= 0.3 is 6.18 Å². The number of halogens is 4. The highest BCUT2D eigenvalue weighted by atomic mass is 19.4. The van der Waals surface area contributed by atoms with Crippen molar-refractivity contribution in [2.24, 2.45) is 0 Å². The molecule has 0 unspecified atom stereocenters. The standard InChI is InChI=1S/C12H12F4N2O2/c13-9-6-8(12(14,15)16)7-10(18(19)20)11(9)17-4-2-1-3-5-17/h6-7H,1-5H2. The molecule has 1 aromatic rings. The van der Waals surface area contributed by atoms with Gasteiger partial charge in [0, 0.05) is 19.2 Å². The summed E-state index contributed by atoms with van der Waals surface area (Å²) in [4.78, 5) is 11.4. The molecule has 0 N–H and O–H groups in total. The fourth-order valence-electron chi connectivity index (χ4n) is 2.32. The maximum Gasteiger partial charge on any atom is 0.416 e. The SMILES string of the molecule is O=[N+]([O-])c1cc(C(F)(F)F)cc(F)c1N1CCCCC1. The summed E-state index contributed by atoms with van der Waals surface area (Å²) in [6, 6.07) is 0.712. The van der Waals surface area contributed by atoms with Crippen molar-refractivity contribution in [3.8, 4) is 0 Å². The number of anilines is 1. The van der Waals surface area contributed by atoms with Crippen molar-refractivity contribution in [1.82, 2.24) is 0 Å². The predicted octanol–water partition coefficient (Wildman–Crippen LogP) is 3.74. The molecule has 110 valence electrons. The van der Waals surface area contributed by atoms with Crippen molar-refractivity contribution in [3.63, 3.8) is 0 Å². The van der Waals surface area contributed by atoms with E-state index in [4.69, 9.17) is 0 Å². The van der Waals surface area contributed by atoms with Gasteiger partial charge in [-0.15, -0.1) is 0 Å². The summed E-state index contributed by atoms with van der Waals surface area (Å²) in [5, 5.41) is 10.9. The van der Waals surface area contributed by atoms with Crippen LogP contribution in [0.1, 0.15) is 24.8 Å². The van der Waals surface area contributed by atoms with Gasteiger partial charge in [-0.1, -0.05) is 0 Å². The number of benzene rings is 1. The van der Waals surface area contributed by atoms with Gasteiger partial charge < -0.3 is 4.90 Å². The summed E-state index contributed by atoms with van der Waals surface area (Å²) in [7, 11) is 0. The first kappa shape index (κ1) is 14.5. The van der Waals surface area contributed by atoms with Crippen LogP contribution in [0.3, 0.4) is 0 Å². The zero-order valence-electron chi connectivity index (χ0n) is 10.4. The van der Waals surface area contributed by atoms with Gasteiger partial charge in [0.2, 0.25) is 0 Å². The first-order valence-electron chi connectivity index (χ1n) is 6.11. The summed E-state index contributed by atoms with van der Waals surface area (Å²) in [6.07, 6.45) is -2.42. The van der Waals surface area contributed by atoms with Crippen LogP contribution < -0.4 is 4.90 Å². The van der Waals surface area contributed by atoms with E-state index >= 15 is 0 Å². The van der Waals surface area contributed by atoms with Gasteiger partial charge in [-0.25, -0.2) is 4.39 Å². The molecule has 0 spiro atoms. The highest BCUT2D eigenvalue weighted by Crippen LogP contribution is 2.39. The molecular weight excluding hydrogens is 280 g/mol. The quantitative estimate of drug-likeness (QED) is 0.474. The van der Waals surface area contributed by atoms with Gasteiger partial charge in [-0.2, -0.15) is 13.2 Å². The number of nitro groups is 1. The van der Waals surface area contributed by atoms with Crippen LogP contribution in [0, 0.1) is 15.9 Å². The third-order valence-electron chi connectivity index (χ3n) is 3.24. The molecule has 0 atom stereocenters. The molecule has 0 amide bonds. The van der Waals surface area contributed by atoms with Crippen molar-refractivity contribution in [3.05, 3.63) is 33.6 Å². The average molecular weight is 292 g/mol. The molecule has 1 aliphatic heterocycles. The average Bonchev–Trinajstić information content (AvgIpc) is 2.37. The number of nitro benzene ring substituents is 1. The Labute approximate surface area is 112 Å². The maximum atomic E-state index is 13.9. The Bertz CT molecular complexity index is 525. The minimum atomic E-state index is -4.81. The van der Waals surface area contributed by atoms with Gasteiger partial charge in [-0.3, -0.25) is 10.1 Å². The lowest BCUT2D eigenvalue weighted by Gasteiger charge is -2.28. The zero-order chi connectivity index (χ0) is 14.9. The van der Waals surface area contributed by atoms with Crippen LogP contribution in [-0.4, -0.2) is 18.0 Å². The van der Waals surface area contributed by atoms with Gasteiger partial charge in [0.1, 0.15) is 0 Å². The van der Waals surface area contributed by atoms with E-state index in [0.29, 0.717) is 25.2 Å². The van der Waals surface area contributed by atoms with E-state index in [0.717, 1.165) is 19.3 Å². The number of alkyl halides is 3. The van der Waals surface area contributed by atoms with Crippen molar-refractivity contribution < 1.29 is 22.5 Å². The summed E-state index contributed by atoms with van der Waals surface area (Å²) >= 11 is 0. The summed E-state index contributed by atoms with van der Waals surface area (Å²) < 4.78 is 51.7. The van der Waals surface area contributed by atoms with Crippen LogP contribution in [0.25, 0.3) is 0 Å². The van der Waals surface area contributed by atoms with Gasteiger partial charge in [-0.05, 0) is 25.3 Å². The van der Waals surface area contributed by atoms with E-state index in [1.807, 2.05) is 0 Å². The summed E-state index contributed by atoms with van der Waals surface area (Å²) in [6.45, 7) is 0.812. The minimum absolute atomic E-state index is 0.316. The lowest BCUT2D eigenvalue weighted by Crippen LogP contribution is -2.31. The topological polar surface area (TPSA) is 46.4 Å². The molecule has 8 heteroatoms. The minimum Gasteiger partial charge on any atom is -0.364 e. The number of rotatable bonds is 2. The predicted molar refractivity (Wildman–Crippen MR) is 64.1 cm³/mol. The van der Waals surface area contributed by atoms with E-state index in [9.17, 15) is 27.7 Å². The Morgan fingerprint density at radius 3 is 2.25 bits per heavy atom. The van der Waals surface area contributed by atoms with E-state index in [2.05, 4.69) is 0 Å². The zero-order valence-corrected chi connectivity index (χ0v) is 10.4. The van der Waals surface area contributed by atoms with Crippen LogP contribution in [0.5, 0.6) is 0 Å². The summed E-state index contributed by atoms with van der Waals surface area (Å²) in [5.41, 5.74) is -2.52. The molecule has 4 nitrogen and oxygen atoms in total. The lowest BCUT2D eigenvalue weighted by atomic mass is 10.1. The number of hydrogen-bond donors (Lipinski definition) is 0. The molecule has 1 aromatic carbocycles. The molecule has 0 saturated carbocycles. The van der Waals surface area contributed by atoms with Crippen molar-refractivity contribution in [1.29, 1.82) is 0 Å². The molecule has 20 heavy (non-hydrogen) atoms. The maximum absolute atomic E-state index is 13.9. The van der Waals surface area contributed by atoms with E-state index in [-0.39, 0.29) is 5.69 Å². The van der Waals surface area contributed by atoms with Crippen molar-refractivity contribution in [2.45, 2.75) is 25.4 Å². The van der Waals surface area contributed by atoms with Crippen LogP contribution in [-0.2, 0) is 6.18 Å². The number of hydrogen-bond acceptors (Lipinski definition) is 3. The number of piperidine rings is 1. The molecule has 1 saturated heterocycles. The Hall–Kier alpha value is -1.86. The Morgan fingerprint density at radius 2 is 1.75 bits per heavy atom. The second kappa shape index (κ2) is 5.26. The molecule has 1 fully saturated rings. The lowest BCUT2D eigenvalue weighted by molar-refractivity contribution is -0.384. The largest absolute Gasteiger partial charge is 0.416 e. The normalized spacial score (nSPS) is 16.3. The first-order chi connectivity index (χ1) is 9.30. The molecule has 1 heterocycles. The van der Waals surface area contributed by atoms with Gasteiger partial charge in [0.15, 0.2) is 11.5 Å². The fourth-order valence-corrected chi connectivity index (χ4v) is 2.32. The van der Waals surface area contributed by atoms with Crippen LogP contribution >= 0.6 is 0 Å². The fraction of sp³-hybridized carbons (Fsp3) is 0.500. The third kappa shape index (κ3) is 2.83. The molecule has 0 aromatic heterocycles. The van der Waals surface area contributed by atoms with Crippen molar-refractivity contribution in [2.75, 3.05) is 18.0 Å². The van der Waals surface area contributed by atoms with Crippen molar-refractivity contribution >= 4 is 11.4 Å². The second-order valence-electron chi connectivity index (χ2n) is 4.63. The molecule has 1 aliphatic rings. The van der Waals surface area contributed by atoms with Crippen LogP contribution in [0.4, 0.5) is 28.9 Å². The molecule has 0 bridgehead atoms. The first-order valence-corrected chi connectivity index (χ1v) is 6.11. The third-order valence-corrected chi connectivity index (χ3v) is 3.24. The highest BCUT2D eigenvalue weighted by molar-refractivity contribution is 5.65. The van der Waals surface area contributed by atoms with Gasteiger partial charge in [0.05, 0.1) is 10.5 Å². The van der Waals surface area contributed by atoms with E-state index in [1.165, 1.54) is 4.90 Å².